The van der Waals surface area contributed by atoms with E-state index in [9.17, 15) is 14.7 Å². The molecule has 1 N–H and O–H groups in total. The molecule has 0 aromatic heterocycles. The Kier molecular flexibility index (Phi) is 4.19. The molecule has 118 valence electrons. The fraction of sp³-hybridized carbons (Fsp3) is 0.556. The van der Waals surface area contributed by atoms with E-state index >= 15 is 0 Å². The average Bonchev–Trinajstić information content (AvgIpc) is 3.13. The van der Waals surface area contributed by atoms with Crippen LogP contribution in [-0.4, -0.2) is 23.5 Å². The molecule has 2 aliphatic rings. The summed E-state index contributed by atoms with van der Waals surface area (Å²) in [6.07, 6.45) is 5.94. The Morgan fingerprint density at radius 1 is 1.27 bits per heavy atom. The summed E-state index contributed by atoms with van der Waals surface area (Å²) in [6.45, 7) is 2.25. The topological polar surface area (TPSA) is 57.6 Å². The summed E-state index contributed by atoms with van der Waals surface area (Å²) in [6, 6.07) is 7.39. The van der Waals surface area contributed by atoms with Crippen LogP contribution in [0.25, 0.3) is 0 Å². The van der Waals surface area contributed by atoms with Crippen LogP contribution in [0.2, 0.25) is 0 Å². The van der Waals surface area contributed by atoms with Crippen LogP contribution in [0, 0.1) is 11.8 Å². The largest absolute Gasteiger partial charge is 0.481 e. The minimum absolute atomic E-state index is 0.0382. The van der Waals surface area contributed by atoms with E-state index in [1.807, 2.05) is 31.2 Å². The van der Waals surface area contributed by atoms with Gasteiger partial charge in [0, 0.05) is 18.2 Å². The van der Waals surface area contributed by atoms with E-state index in [0.29, 0.717) is 5.92 Å². The van der Waals surface area contributed by atoms with Gasteiger partial charge in [-0.05, 0) is 24.0 Å². The first-order chi connectivity index (χ1) is 10.6. The summed E-state index contributed by atoms with van der Waals surface area (Å²) in [5.74, 6) is -0.760. The number of amides is 1. The number of carboxylic acid groups (broad SMARTS) is 1. The van der Waals surface area contributed by atoms with Gasteiger partial charge in [0.1, 0.15) is 5.92 Å². The van der Waals surface area contributed by atoms with Crippen LogP contribution >= 0.6 is 0 Å². The highest BCUT2D eigenvalue weighted by Gasteiger charge is 2.38. The summed E-state index contributed by atoms with van der Waals surface area (Å²) >= 11 is 0. The molecule has 1 aliphatic carbocycles. The number of fused-ring (bicyclic) bond motifs is 1. The number of carbonyl (C=O) groups is 2. The van der Waals surface area contributed by atoms with E-state index in [2.05, 4.69) is 0 Å². The van der Waals surface area contributed by atoms with Crippen molar-refractivity contribution in [1.82, 2.24) is 0 Å². The summed E-state index contributed by atoms with van der Waals surface area (Å²) in [4.78, 5) is 25.9. The maximum atomic E-state index is 12.8. The number of hydrogen-bond donors (Lipinski definition) is 1. The lowest BCUT2D eigenvalue weighted by Crippen LogP contribution is -2.35. The van der Waals surface area contributed by atoms with Gasteiger partial charge in [-0.2, -0.15) is 0 Å². The fourth-order valence-corrected chi connectivity index (χ4v) is 3.94. The highest BCUT2D eigenvalue weighted by molar-refractivity contribution is 5.99. The van der Waals surface area contributed by atoms with Crippen LogP contribution in [0.1, 0.15) is 50.5 Å². The van der Waals surface area contributed by atoms with E-state index in [1.54, 1.807) is 4.90 Å². The number of carboxylic acids is 1. The van der Waals surface area contributed by atoms with Crippen molar-refractivity contribution in [3.05, 3.63) is 29.8 Å². The van der Waals surface area contributed by atoms with Gasteiger partial charge in [0.05, 0.1) is 0 Å². The number of aliphatic carboxylic acids is 1. The zero-order valence-corrected chi connectivity index (χ0v) is 13.0. The lowest BCUT2D eigenvalue weighted by Gasteiger charge is -2.23. The molecule has 0 saturated heterocycles. The minimum atomic E-state index is -0.855. The van der Waals surface area contributed by atoms with Gasteiger partial charge >= 0.3 is 5.97 Å². The monoisotopic (exact) mass is 301 g/mol. The standard InChI is InChI=1S/C18H23NO3/c1-12(10-13-6-2-3-7-13)17(20)19-11-15(18(21)22)14-8-4-5-9-16(14)19/h4-5,8-9,12-13,15H,2-3,6-7,10-11H2,1H3,(H,21,22). The highest BCUT2D eigenvalue weighted by Crippen LogP contribution is 2.38. The molecule has 1 fully saturated rings. The molecule has 1 saturated carbocycles. The number of para-hydroxylation sites is 1. The van der Waals surface area contributed by atoms with E-state index in [-0.39, 0.29) is 18.4 Å². The zero-order valence-electron chi connectivity index (χ0n) is 13.0. The van der Waals surface area contributed by atoms with Crippen LogP contribution in [0.5, 0.6) is 0 Å². The second-order valence-electron chi connectivity index (χ2n) is 6.69. The summed E-state index contributed by atoms with van der Waals surface area (Å²) in [5, 5.41) is 9.39. The Balaban J connectivity index is 1.76. The van der Waals surface area contributed by atoms with Crippen LogP contribution < -0.4 is 4.90 Å². The van der Waals surface area contributed by atoms with Crippen LogP contribution in [0.4, 0.5) is 5.69 Å². The Hall–Kier alpha value is -1.84. The maximum Gasteiger partial charge on any atom is 0.312 e. The lowest BCUT2D eigenvalue weighted by molar-refractivity contribution is -0.138. The van der Waals surface area contributed by atoms with Crippen molar-refractivity contribution in [3.8, 4) is 0 Å². The molecule has 1 amide bonds. The molecule has 0 bridgehead atoms. The number of anilines is 1. The number of hydrogen-bond acceptors (Lipinski definition) is 2. The van der Waals surface area contributed by atoms with Gasteiger partial charge in [0.2, 0.25) is 5.91 Å². The molecule has 1 aromatic carbocycles. The van der Waals surface area contributed by atoms with E-state index in [0.717, 1.165) is 17.7 Å². The molecule has 2 unspecified atom stereocenters. The van der Waals surface area contributed by atoms with Crippen LogP contribution in [0.15, 0.2) is 24.3 Å². The van der Waals surface area contributed by atoms with Crippen molar-refractivity contribution >= 4 is 17.6 Å². The van der Waals surface area contributed by atoms with Gasteiger partial charge in [-0.1, -0.05) is 50.8 Å². The van der Waals surface area contributed by atoms with E-state index in [4.69, 9.17) is 0 Å². The van der Waals surface area contributed by atoms with Gasteiger partial charge in [-0.3, -0.25) is 9.59 Å². The summed E-state index contributed by atoms with van der Waals surface area (Å²) < 4.78 is 0. The number of rotatable bonds is 4. The number of nitrogens with zero attached hydrogens (tertiary/aromatic N) is 1. The third-order valence-electron chi connectivity index (χ3n) is 5.12. The fourth-order valence-electron chi connectivity index (χ4n) is 3.94. The summed E-state index contributed by atoms with van der Waals surface area (Å²) in [7, 11) is 0. The molecule has 1 aromatic rings. The molecule has 0 spiro atoms. The van der Waals surface area contributed by atoms with Crippen molar-refractivity contribution in [2.45, 2.75) is 44.9 Å². The number of carbonyl (C=O) groups excluding carboxylic acids is 1. The first-order valence-electron chi connectivity index (χ1n) is 8.21. The van der Waals surface area contributed by atoms with Crippen molar-refractivity contribution in [1.29, 1.82) is 0 Å². The molecule has 1 heterocycles. The molecule has 1 aliphatic heterocycles. The molecule has 4 nitrogen and oxygen atoms in total. The maximum absolute atomic E-state index is 12.8. The highest BCUT2D eigenvalue weighted by atomic mass is 16.4. The molecule has 22 heavy (non-hydrogen) atoms. The zero-order chi connectivity index (χ0) is 15.7. The first kappa shape index (κ1) is 15.1. The second kappa shape index (κ2) is 6.11. The third-order valence-corrected chi connectivity index (χ3v) is 5.12. The minimum Gasteiger partial charge on any atom is -0.481 e. The average molecular weight is 301 g/mol. The lowest BCUT2D eigenvalue weighted by atomic mass is 9.93. The van der Waals surface area contributed by atoms with Crippen molar-refractivity contribution < 1.29 is 14.7 Å². The summed E-state index contributed by atoms with van der Waals surface area (Å²) in [5.41, 5.74) is 1.54. The Labute approximate surface area is 131 Å². The van der Waals surface area contributed by atoms with Crippen LogP contribution in [0.3, 0.4) is 0 Å². The van der Waals surface area contributed by atoms with Crippen LogP contribution in [-0.2, 0) is 9.59 Å². The predicted molar refractivity (Wildman–Crippen MR) is 84.9 cm³/mol. The molecule has 2 atom stereocenters. The second-order valence-corrected chi connectivity index (χ2v) is 6.69. The first-order valence-corrected chi connectivity index (χ1v) is 8.21. The SMILES string of the molecule is CC(CC1CCCC1)C(=O)N1CC(C(=O)O)c2ccccc21. The van der Waals surface area contributed by atoms with Crippen molar-refractivity contribution in [3.63, 3.8) is 0 Å². The van der Waals surface area contributed by atoms with Crippen molar-refractivity contribution in [2.24, 2.45) is 11.8 Å². The quantitative estimate of drug-likeness (QED) is 0.927. The normalized spacial score (nSPS) is 22.6. The van der Waals surface area contributed by atoms with Gasteiger partial charge in [-0.25, -0.2) is 0 Å². The van der Waals surface area contributed by atoms with E-state index in [1.165, 1.54) is 25.7 Å². The predicted octanol–water partition coefficient (Wildman–Crippen LogP) is 3.42. The van der Waals surface area contributed by atoms with Crippen molar-refractivity contribution in [2.75, 3.05) is 11.4 Å². The molecule has 3 rings (SSSR count). The Bertz CT molecular complexity index is 577. The van der Waals surface area contributed by atoms with Gasteiger partial charge < -0.3 is 10.0 Å². The smallest absolute Gasteiger partial charge is 0.312 e. The molecular formula is C18H23NO3. The molecule has 4 heteroatoms. The third kappa shape index (κ3) is 2.74. The molecular weight excluding hydrogens is 278 g/mol. The van der Waals surface area contributed by atoms with E-state index < -0.39 is 11.9 Å². The molecule has 0 radical (unpaired) electrons. The Morgan fingerprint density at radius 3 is 2.64 bits per heavy atom. The van der Waals surface area contributed by atoms with Gasteiger partial charge in [-0.15, -0.1) is 0 Å². The van der Waals surface area contributed by atoms with Gasteiger partial charge in [0.25, 0.3) is 0 Å². The Morgan fingerprint density at radius 2 is 1.95 bits per heavy atom. The number of benzene rings is 1. The van der Waals surface area contributed by atoms with Gasteiger partial charge in [0.15, 0.2) is 0 Å².